The number of aromatic nitrogens is 2. The summed E-state index contributed by atoms with van der Waals surface area (Å²) in [6.07, 6.45) is 5.06. The zero-order chi connectivity index (χ0) is 19.1. The Morgan fingerprint density at radius 1 is 1.17 bits per heavy atom. The van der Waals surface area contributed by atoms with Crippen molar-refractivity contribution in [2.24, 2.45) is 12.5 Å². The van der Waals surface area contributed by atoms with E-state index in [1.54, 1.807) is 0 Å². The fourth-order valence-corrected chi connectivity index (χ4v) is 5.44. The third kappa shape index (κ3) is 4.20. The second kappa shape index (κ2) is 9.43. The Morgan fingerprint density at radius 3 is 2.57 bits per heavy atom. The van der Waals surface area contributed by atoms with Gasteiger partial charge in [0.1, 0.15) is 11.9 Å². The zero-order valence-corrected chi connectivity index (χ0v) is 19.1. The minimum Gasteiger partial charge on any atom is -0.461 e. The number of nitrogens with zero attached hydrogens (tertiary/aromatic N) is 3. The summed E-state index contributed by atoms with van der Waals surface area (Å²) in [5.41, 5.74) is 2.10. The fraction of sp³-hybridized carbons (Fsp3) is 0.636. The molecule has 1 atom stereocenters. The van der Waals surface area contributed by atoms with Crippen LogP contribution in [0.3, 0.4) is 0 Å². The van der Waals surface area contributed by atoms with Gasteiger partial charge in [0, 0.05) is 25.9 Å². The number of cyclic esters (lactones) is 1. The number of aryl methyl sites for hydroxylation is 1. The van der Waals surface area contributed by atoms with E-state index in [2.05, 4.69) is 46.1 Å². The van der Waals surface area contributed by atoms with Gasteiger partial charge in [-0.15, -0.1) is 24.8 Å². The first-order chi connectivity index (χ1) is 13.6. The summed E-state index contributed by atoms with van der Waals surface area (Å²) in [7, 11) is 2.13. The molecule has 5 rings (SSSR count). The Balaban J connectivity index is 0.00000128. The van der Waals surface area contributed by atoms with Crippen LogP contribution in [-0.4, -0.2) is 59.2 Å². The summed E-state index contributed by atoms with van der Waals surface area (Å²) in [6, 6.07) is 8.37. The van der Waals surface area contributed by atoms with Gasteiger partial charge in [-0.25, -0.2) is 4.98 Å². The van der Waals surface area contributed by atoms with E-state index in [-0.39, 0.29) is 42.3 Å². The highest BCUT2D eigenvalue weighted by molar-refractivity contribution is 5.85. The summed E-state index contributed by atoms with van der Waals surface area (Å²) < 4.78 is 8.06. The van der Waals surface area contributed by atoms with Gasteiger partial charge in [0.25, 0.3) is 0 Å². The minimum atomic E-state index is -0.207. The van der Waals surface area contributed by atoms with E-state index < -0.39 is 0 Å². The number of rotatable bonds is 3. The van der Waals surface area contributed by atoms with Crippen LogP contribution in [0.15, 0.2) is 24.3 Å². The topological polar surface area (TPSA) is 59.4 Å². The molecule has 8 heteroatoms. The quantitative estimate of drug-likeness (QED) is 0.720. The molecule has 1 N–H and O–H groups in total. The van der Waals surface area contributed by atoms with Gasteiger partial charge in [0.05, 0.1) is 16.4 Å². The molecule has 0 aliphatic carbocycles. The van der Waals surface area contributed by atoms with Crippen molar-refractivity contribution in [3.8, 4) is 0 Å². The third-order valence-corrected chi connectivity index (χ3v) is 7.12. The lowest BCUT2D eigenvalue weighted by atomic mass is 9.76. The highest BCUT2D eigenvalue weighted by atomic mass is 35.5. The maximum absolute atomic E-state index is 12.5. The van der Waals surface area contributed by atoms with Gasteiger partial charge in [0.2, 0.25) is 0 Å². The van der Waals surface area contributed by atoms with Gasteiger partial charge in [0.15, 0.2) is 0 Å². The summed E-state index contributed by atoms with van der Waals surface area (Å²) in [6.45, 7) is 4.86. The van der Waals surface area contributed by atoms with Crippen molar-refractivity contribution >= 4 is 41.8 Å². The molecule has 4 heterocycles. The average Bonchev–Trinajstić information content (AvgIpc) is 3.20. The number of carbonyl (C=O) groups excluding carboxylic acids is 1. The molecule has 3 fully saturated rings. The summed E-state index contributed by atoms with van der Waals surface area (Å²) in [5.74, 6) is 1.77. The van der Waals surface area contributed by atoms with E-state index in [0.717, 1.165) is 70.3 Å². The van der Waals surface area contributed by atoms with Crippen LogP contribution in [0.25, 0.3) is 11.0 Å². The molecule has 1 aromatic heterocycles. The van der Waals surface area contributed by atoms with Crippen LogP contribution in [0.2, 0.25) is 0 Å². The lowest BCUT2D eigenvalue weighted by molar-refractivity contribution is -0.150. The van der Waals surface area contributed by atoms with Crippen molar-refractivity contribution in [2.45, 2.75) is 44.1 Å². The minimum absolute atomic E-state index is 0. The molecule has 3 aliphatic rings. The number of nitrogens with one attached hydrogen (secondary N) is 1. The molecule has 1 aromatic carbocycles. The highest BCUT2D eigenvalue weighted by Gasteiger charge is 2.49. The largest absolute Gasteiger partial charge is 0.461 e. The number of imidazole rings is 1. The molecule has 6 nitrogen and oxygen atoms in total. The van der Waals surface area contributed by atoms with Crippen molar-refractivity contribution in [3.05, 3.63) is 30.1 Å². The molecule has 0 radical (unpaired) electrons. The maximum Gasteiger partial charge on any atom is 0.312 e. The first kappa shape index (κ1) is 23.3. The predicted molar refractivity (Wildman–Crippen MR) is 123 cm³/mol. The lowest BCUT2D eigenvalue weighted by Crippen LogP contribution is -2.40. The summed E-state index contributed by atoms with van der Waals surface area (Å²) in [4.78, 5) is 19.9. The van der Waals surface area contributed by atoms with Crippen LogP contribution in [-0.2, 0) is 16.6 Å². The van der Waals surface area contributed by atoms with E-state index in [1.165, 1.54) is 11.3 Å². The van der Waals surface area contributed by atoms with Gasteiger partial charge in [-0.2, -0.15) is 0 Å². The number of para-hydroxylation sites is 2. The van der Waals surface area contributed by atoms with E-state index in [0.29, 0.717) is 5.92 Å². The number of ether oxygens (including phenoxy) is 1. The van der Waals surface area contributed by atoms with Crippen LogP contribution >= 0.6 is 24.8 Å². The Labute approximate surface area is 190 Å². The molecular formula is C22H32Cl2N4O2. The van der Waals surface area contributed by atoms with Gasteiger partial charge < -0.3 is 14.6 Å². The molecular weight excluding hydrogens is 423 g/mol. The Morgan fingerprint density at radius 2 is 1.87 bits per heavy atom. The van der Waals surface area contributed by atoms with E-state index in [1.807, 2.05) is 0 Å². The molecule has 0 amide bonds. The van der Waals surface area contributed by atoms with E-state index in [4.69, 9.17) is 9.72 Å². The molecule has 3 aliphatic heterocycles. The van der Waals surface area contributed by atoms with Gasteiger partial charge in [-0.1, -0.05) is 12.1 Å². The monoisotopic (exact) mass is 454 g/mol. The zero-order valence-electron chi connectivity index (χ0n) is 17.5. The Bertz CT molecular complexity index is 873. The molecule has 2 aromatic rings. The van der Waals surface area contributed by atoms with Crippen LogP contribution in [0, 0.1) is 5.41 Å². The van der Waals surface area contributed by atoms with Gasteiger partial charge >= 0.3 is 5.97 Å². The van der Waals surface area contributed by atoms with Crippen molar-refractivity contribution in [1.82, 2.24) is 19.8 Å². The van der Waals surface area contributed by atoms with Crippen molar-refractivity contribution in [2.75, 3.05) is 32.7 Å². The molecule has 30 heavy (non-hydrogen) atoms. The second-order valence-electron chi connectivity index (χ2n) is 8.85. The Hall–Kier alpha value is -1.34. The van der Waals surface area contributed by atoms with Crippen LogP contribution in [0.4, 0.5) is 0 Å². The second-order valence-corrected chi connectivity index (χ2v) is 8.85. The highest BCUT2D eigenvalue weighted by Crippen LogP contribution is 2.42. The predicted octanol–water partition coefficient (Wildman–Crippen LogP) is 3.28. The van der Waals surface area contributed by atoms with Crippen molar-refractivity contribution < 1.29 is 9.53 Å². The Kier molecular flexibility index (Phi) is 7.33. The maximum atomic E-state index is 12.5. The molecule has 0 bridgehead atoms. The number of hydrogen-bond donors (Lipinski definition) is 1. The number of esters is 1. The number of piperidine rings is 2. The summed E-state index contributed by atoms with van der Waals surface area (Å²) in [5, 5.41) is 3.36. The normalized spacial score (nSPS) is 24.4. The lowest BCUT2D eigenvalue weighted by Gasteiger charge is -2.33. The number of hydrogen-bond acceptors (Lipinski definition) is 5. The molecule has 3 saturated heterocycles. The van der Waals surface area contributed by atoms with Crippen molar-refractivity contribution in [3.63, 3.8) is 0 Å². The van der Waals surface area contributed by atoms with Gasteiger partial charge in [-0.3, -0.25) is 9.69 Å². The van der Waals surface area contributed by atoms with E-state index in [9.17, 15) is 4.79 Å². The number of fused-ring (bicyclic) bond motifs is 1. The molecule has 0 saturated carbocycles. The number of halogens is 2. The first-order valence-corrected chi connectivity index (χ1v) is 10.7. The first-order valence-electron chi connectivity index (χ1n) is 10.7. The van der Waals surface area contributed by atoms with Crippen LogP contribution < -0.4 is 5.32 Å². The van der Waals surface area contributed by atoms with Crippen molar-refractivity contribution in [1.29, 1.82) is 0 Å². The van der Waals surface area contributed by atoms with Crippen LogP contribution in [0.5, 0.6) is 0 Å². The van der Waals surface area contributed by atoms with Crippen LogP contribution in [0.1, 0.15) is 43.8 Å². The van der Waals surface area contributed by atoms with Gasteiger partial charge in [-0.05, 0) is 64.0 Å². The standard InChI is InChI=1S/C22H30N4O2.2ClH/c1-25-19-5-3-2-4-18(19)24-20(25)16-6-12-26(13-7-16)15-17-14-22(21(27)28-17)8-10-23-11-9-22;;/h2-5,16-17,23H,6-15H2,1H3;2*1H. The van der Waals surface area contributed by atoms with E-state index >= 15 is 0 Å². The molecule has 1 spiro atoms. The molecule has 166 valence electrons. The number of benzene rings is 1. The average molecular weight is 455 g/mol. The molecule has 1 unspecified atom stereocenters. The number of likely N-dealkylation sites (tertiary alicyclic amines) is 1. The number of carbonyl (C=O) groups is 1. The SMILES string of the molecule is Cl.Cl.Cn1c(C2CCN(CC3CC4(CCNCC4)C(=O)O3)CC2)nc2ccccc21. The fourth-order valence-electron chi connectivity index (χ4n) is 5.44. The smallest absolute Gasteiger partial charge is 0.312 e. The third-order valence-electron chi connectivity index (χ3n) is 7.12. The summed E-state index contributed by atoms with van der Waals surface area (Å²) >= 11 is 0.